The maximum absolute atomic E-state index is 11.8. The van der Waals surface area contributed by atoms with Crippen molar-refractivity contribution in [3.05, 3.63) is 18.2 Å². The first-order valence-electron chi connectivity index (χ1n) is 5.75. The zero-order chi connectivity index (χ0) is 12.3. The van der Waals surface area contributed by atoms with Gasteiger partial charge in [0.05, 0.1) is 19.1 Å². The number of nitrogens with zero attached hydrogens (tertiary/aromatic N) is 2. The highest BCUT2D eigenvalue weighted by molar-refractivity contribution is 5.79. The molecule has 1 fully saturated rings. The molecule has 2 heterocycles. The Hall–Kier alpha value is -1.40. The highest BCUT2D eigenvalue weighted by atomic mass is 16.5. The predicted octanol–water partition coefficient (Wildman–Crippen LogP) is -0.947. The minimum atomic E-state index is -0.212. The second-order valence-corrected chi connectivity index (χ2v) is 4.30. The van der Waals surface area contributed by atoms with E-state index in [-0.39, 0.29) is 17.9 Å². The summed E-state index contributed by atoms with van der Waals surface area (Å²) in [5, 5.41) is 2.87. The predicted molar refractivity (Wildman–Crippen MR) is 62.2 cm³/mol. The van der Waals surface area contributed by atoms with Gasteiger partial charge in [-0.05, 0) is 0 Å². The van der Waals surface area contributed by atoms with E-state index in [0.29, 0.717) is 19.8 Å². The number of carbonyl (C=O) groups is 1. The molecule has 0 saturated carbocycles. The van der Waals surface area contributed by atoms with Gasteiger partial charge in [0.15, 0.2) is 0 Å². The summed E-state index contributed by atoms with van der Waals surface area (Å²) in [6.07, 6.45) is 4.35. The zero-order valence-corrected chi connectivity index (χ0v) is 9.93. The smallest absolute Gasteiger partial charge is 0.227 e. The number of carbonyl (C=O) groups excluding carboxylic acids is 1. The molecule has 1 aromatic heterocycles. The van der Waals surface area contributed by atoms with Crippen LogP contribution in [0, 0.1) is 5.92 Å². The molecule has 1 aromatic rings. The summed E-state index contributed by atoms with van der Waals surface area (Å²) in [5.41, 5.74) is 5.77. The Bertz CT molecular complexity index is 391. The molecule has 2 rings (SSSR count). The largest absolute Gasteiger partial charge is 0.379 e. The zero-order valence-electron chi connectivity index (χ0n) is 9.93. The second-order valence-electron chi connectivity index (χ2n) is 4.30. The Morgan fingerprint density at radius 3 is 3.12 bits per heavy atom. The van der Waals surface area contributed by atoms with E-state index in [4.69, 9.17) is 10.5 Å². The third kappa shape index (κ3) is 2.83. The van der Waals surface area contributed by atoms with Gasteiger partial charge in [-0.2, -0.15) is 0 Å². The third-order valence-electron chi connectivity index (χ3n) is 3.03. The summed E-state index contributed by atoms with van der Waals surface area (Å²) in [5.74, 6) is 0.720. The molecule has 1 aliphatic heterocycles. The monoisotopic (exact) mass is 238 g/mol. The van der Waals surface area contributed by atoms with Crippen LogP contribution >= 0.6 is 0 Å². The highest BCUT2D eigenvalue weighted by Crippen LogP contribution is 2.11. The van der Waals surface area contributed by atoms with Crippen molar-refractivity contribution in [2.24, 2.45) is 18.7 Å². The van der Waals surface area contributed by atoms with Crippen molar-refractivity contribution in [2.75, 3.05) is 19.8 Å². The molecule has 0 aliphatic carbocycles. The molecule has 94 valence electrons. The van der Waals surface area contributed by atoms with Gasteiger partial charge in [-0.15, -0.1) is 0 Å². The van der Waals surface area contributed by atoms with Crippen LogP contribution in [0.5, 0.6) is 0 Å². The van der Waals surface area contributed by atoms with E-state index in [2.05, 4.69) is 10.3 Å². The molecule has 0 aromatic carbocycles. The summed E-state index contributed by atoms with van der Waals surface area (Å²) in [7, 11) is 1.94. The second kappa shape index (κ2) is 5.29. The molecule has 6 nitrogen and oxygen atoms in total. The molecule has 3 N–H and O–H groups in total. The number of nitrogens with two attached hydrogens (primary N) is 1. The van der Waals surface area contributed by atoms with Crippen LogP contribution in [-0.2, 0) is 23.0 Å². The summed E-state index contributed by atoms with van der Waals surface area (Å²) in [6.45, 7) is 1.47. The Morgan fingerprint density at radius 2 is 2.53 bits per heavy atom. The molecule has 1 amide bonds. The number of hydrogen-bond acceptors (Lipinski definition) is 4. The van der Waals surface area contributed by atoms with Crippen molar-refractivity contribution in [1.29, 1.82) is 0 Å². The number of ether oxygens (including phenoxy) is 1. The number of amides is 1. The van der Waals surface area contributed by atoms with Crippen LogP contribution in [0.15, 0.2) is 12.4 Å². The van der Waals surface area contributed by atoms with Gasteiger partial charge >= 0.3 is 0 Å². The average molecular weight is 238 g/mol. The van der Waals surface area contributed by atoms with Gasteiger partial charge in [-0.25, -0.2) is 4.98 Å². The number of rotatable bonds is 4. The Balaban J connectivity index is 1.75. The molecular weight excluding hydrogens is 220 g/mol. The lowest BCUT2D eigenvalue weighted by Crippen LogP contribution is -2.41. The van der Waals surface area contributed by atoms with Crippen molar-refractivity contribution in [1.82, 2.24) is 14.9 Å². The SMILES string of the molecule is Cn1ccnc1CCNC(=O)C1COCC1N. The number of aromatic nitrogens is 2. The minimum absolute atomic E-state index is 0.0239. The lowest BCUT2D eigenvalue weighted by Gasteiger charge is -2.13. The molecule has 0 bridgehead atoms. The standard InChI is InChI=1S/C11H18N4O2/c1-15-5-4-13-10(15)2-3-14-11(16)8-6-17-7-9(8)12/h4-5,8-9H,2-3,6-7,12H2,1H3,(H,14,16). The first kappa shape index (κ1) is 12.1. The van der Waals surface area contributed by atoms with Crippen molar-refractivity contribution < 1.29 is 9.53 Å². The molecule has 1 saturated heterocycles. The topological polar surface area (TPSA) is 82.2 Å². The Labute approximate surface area is 100 Å². The van der Waals surface area contributed by atoms with Crippen LogP contribution in [0.1, 0.15) is 5.82 Å². The maximum Gasteiger partial charge on any atom is 0.227 e. The van der Waals surface area contributed by atoms with E-state index in [1.807, 2.05) is 17.8 Å². The molecule has 2 unspecified atom stereocenters. The van der Waals surface area contributed by atoms with Gasteiger partial charge in [-0.1, -0.05) is 0 Å². The first-order chi connectivity index (χ1) is 8.18. The third-order valence-corrected chi connectivity index (χ3v) is 3.03. The van der Waals surface area contributed by atoms with Crippen LogP contribution in [0.2, 0.25) is 0 Å². The van der Waals surface area contributed by atoms with Gasteiger partial charge in [0.2, 0.25) is 5.91 Å². The quantitative estimate of drug-likeness (QED) is 0.708. The first-order valence-corrected chi connectivity index (χ1v) is 5.75. The number of hydrogen-bond donors (Lipinski definition) is 2. The Morgan fingerprint density at radius 1 is 1.71 bits per heavy atom. The Kier molecular flexibility index (Phi) is 3.75. The summed E-state index contributed by atoms with van der Waals surface area (Å²) in [4.78, 5) is 16.0. The highest BCUT2D eigenvalue weighted by Gasteiger charge is 2.30. The maximum atomic E-state index is 11.8. The minimum Gasteiger partial charge on any atom is -0.379 e. The molecule has 0 spiro atoms. The van der Waals surface area contributed by atoms with Crippen LogP contribution in [0.4, 0.5) is 0 Å². The number of aryl methyl sites for hydroxylation is 1. The summed E-state index contributed by atoms with van der Waals surface area (Å²) < 4.78 is 7.10. The van der Waals surface area contributed by atoms with Gasteiger partial charge in [-0.3, -0.25) is 4.79 Å². The van der Waals surface area contributed by atoms with Crippen molar-refractivity contribution in [3.63, 3.8) is 0 Å². The van der Waals surface area contributed by atoms with E-state index in [0.717, 1.165) is 12.2 Å². The van der Waals surface area contributed by atoms with E-state index in [1.54, 1.807) is 6.20 Å². The molecule has 6 heteroatoms. The van der Waals surface area contributed by atoms with Crippen LogP contribution in [-0.4, -0.2) is 41.3 Å². The molecule has 17 heavy (non-hydrogen) atoms. The van der Waals surface area contributed by atoms with Gasteiger partial charge in [0, 0.05) is 38.4 Å². The van der Waals surface area contributed by atoms with E-state index in [1.165, 1.54) is 0 Å². The normalized spacial score (nSPS) is 23.9. The molecule has 2 atom stereocenters. The fourth-order valence-electron chi connectivity index (χ4n) is 1.91. The lowest BCUT2D eigenvalue weighted by molar-refractivity contribution is -0.125. The number of imidazole rings is 1. The molecular formula is C11H18N4O2. The van der Waals surface area contributed by atoms with Crippen LogP contribution in [0.3, 0.4) is 0 Å². The van der Waals surface area contributed by atoms with E-state index in [9.17, 15) is 4.79 Å². The van der Waals surface area contributed by atoms with Crippen LogP contribution in [0.25, 0.3) is 0 Å². The fourth-order valence-corrected chi connectivity index (χ4v) is 1.91. The van der Waals surface area contributed by atoms with Gasteiger partial charge in [0.1, 0.15) is 5.82 Å². The van der Waals surface area contributed by atoms with Crippen molar-refractivity contribution >= 4 is 5.91 Å². The van der Waals surface area contributed by atoms with Gasteiger partial charge < -0.3 is 20.4 Å². The van der Waals surface area contributed by atoms with Gasteiger partial charge in [0.25, 0.3) is 0 Å². The lowest BCUT2D eigenvalue weighted by atomic mass is 10.0. The van der Waals surface area contributed by atoms with E-state index < -0.39 is 0 Å². The van der Waals surface area contributed by atoms with Crippen molar-refractivity contribution in [2.45, 2.75) is 12.5 Å². The van der Waals surface area contributed by atoms with Crippen LogP contribution < -0.4 is 11.1 Å². The molecule has 0 radical (unpaired) electrons. The summed E-state index contributed by atoms with van der Waals surface area (Å²) >= 11 is 0. The summed E-state index contributed by atoms with van der Waals surface area (Å²) in [6, 6.07) is -0.178. The molecule has 1 aliphatic rings. The number of nitrogens with one attached hydrogen (secondary N) is 1. The van der Waals surface area contributed by atoms with E-state index >= 15 is 0 Å². The average Bonchev–Trinajstić information content (AvgIpc) is 2.88. The van der Waals surface area contributed by atoms with Crippen molar-refractivity contribution in [3.8, 4) is 0 Å². The fraction of sp³-hybridized carbons (Fsp3) is 0.636.